The molecule has 0 spiro atoms. The van der Waals surface area contributed by atoms with E-state index < -0.39 is 5.97 Å². The lowest BCUT2D eigenvalue weighted by Crippen LogP contribution is -2.08. The number of carbonyl (C=O) groups is 1. The number of rotatable bonds is 19. The maximum Gasteiger partial charge on any atom is 0.343 e. The topological polar surface area (TPSA) is 44.8 Å². The molecule has 3 aromatic rings. The predicted molar refractivity (Wildman–Crippen MR) is 166 cm³/mol. The fourth-order valence-corrected chi connectivity index (χ4v) is 4.74. The first-order chi connectivity index (χ1) is 19.6. The van der Waals surface area contributed by atoms with Gasteiger partial charge in [0.2, 0.25) is 0 Å². The Labute approximate surface area is 246 Å². The summed E-state index contributed by atoms with van der Waals surface area (Å²) in [6.45, 7) is 5.83. The van der Waals surface area contributed by atoms with Gasteiger partial charge in [-0.05, 0) is 66.4 Å². The molecule has 0 radical (unpaired) electrons. The van der Waals surface area contributed by atoms with E-state index in [0.717, 1.165) is 42.7 Å². The molecule has 40 heavy (non-hydrogen) atoms. The van der Waals surface area contributed by atoms with Crippen molar-refractivity contribution in [3.05, 3.63) is 77.3 Å². The van der Waals surface area contributed by atoms with Gasteiger partial charge in [0, 0.05) is 0 Å². The molecule has 5 heteroatoms. The Morgan fingerprint density at radius 2 is 1.10 bits per heavy atom. The van der Waals surface area contributed by atoms with E-state index in [-0.39, 0.29) is 0 Å². The minimum atomic E-state index is -0.455. The maximum atomic E-state index is 12.7. The molecule has 0 N–H and O–H groups in total. The summed E-state index contributed by atoms with van der Waals surface area (Å²) in [6, 6.07) is 20.6. The van der Waals surface area contributed by atoms with Gasteiger partial charge in [-0.2, -0.15) is 0 Å². The zero-order valence-electron chi connectivity index (χ0n) is 24.3. The van der Waals surface area contributed by atoms with E-state index in [4.69, 9.17) is 25.8 Å². The van der Waals surface area contributed by atoms with E-state index in [1.54, 1.807) is 30.3 Å². The average Bonchev–Trinajstić information content (AvgIpc) is 2.97. The molecular weight excluding hydrogens is 520 g/mol. The molecule has 216 valence electrons. The van der Waals surface area contributed by atoms with Crippen molar-refractivity contribution in [2.75, 3.05) is 13.2 Å². The van der Waals surface area contributed by atoms with E-state index in [1.165, 1.54) is 57.8 Å². The molecule has 4 nitrogen and oxygen atoms in total. The highest BCUT2D eigenvalue weighted by molar-refractivity contribution is 6.32. The third kappa shape index (κ3) is 11.3. The van der Waals surface area contributed by atoms with Crippen LogP contribution in [0.15, 0.2) is 66.7 Å². The number of esters is 1. The van der Waals surface area contributed by atoms with E-state index >= 15 is 0 Å². The molecule has 0 amide bonds. The van der Waals surface area contributed by atoms with Gasteiger partial charge in [-0.1, -0.05) is 114 Å². The highest BCUT2D eigenvalue weighted by Crippen LogP contribution is 2.28. The molecule has 0 saturated heterocycles. The van der Waals surface area contributed by atoms with Gasteiger partial charge >= 0.3 is 5.97 Å². The van der Waals surface area contributed by atoms with Gasteiger partial charge in [-0.25, -0.2) is 4.79 Å². The third-order valence-corrected chi connectivity index (χ3v) is 7.24. The number of unbranched alkanes of at least 4 members (excludes halogenated alkanes) is 10. The van der Waals surface area contributed by atoms with E-state index in [1.807, 2.05) is 24.3 Å². The third-order valence-electron chi connectivity index (χ3n) is 6.94. The van der Waals surface area contributed by atoms with Crippen molar-refractivity contribution >= 4 is 17.6 Å². The van der Waals surface area contributed by atoms with Crippen molar-refractivity contribution in [3.8, 4) is 28.4 Å². The van der Waals surface area contributed by atoms with Gasteiger partial charge in [0.05, 0.1) is 23.8 Å². The van der Waals surface area contributed by atoms with Crippen molar-refractivity contribution in [3.63, 3.8) is 0 Å². The Kier molecular flexibility index (Phi) is 14.5. The van der Waals surface area contributed by atoms with Crippen molar-refractivity contribution in [2.45, 2.75) is 90.9 Å². The Hall–Kier alpha value is -2.98. The van der Waals surface area contributed by atoms with Gasteiger partial charge in [0.1, 0.15) is 17.2 Å². The lowest BCUT2D eigenvalue weighted by molar-refractivity contribution is 0.0734. The van der Waals surface area contributed by atoms with Crippen LogP contribution in [0.3, 0.4) is 0 Å². The summed E-state index contributed by atoms with van der Waals surface area (Å²) >= 11 is 6.37. The second-order valence-electron chi connectivity index (χ2n) is 10.3. The highest BCUT2D eigenvalue weighted by Gasteiger charge is 2.12. The molecule has 3 aromatic carbocycles. The van der Waals surface area contributed by atoms with Crippen LogP contribution in [0.5, 0.6) is 17.2 Å². The average molecular weight is 565 g/mol. The Morgan fingerprint density at radius 1 is 0.600 bits per heavy atom. The summed E-state index contributed by atoms with van der Waals surface area (Å²) in [7, 11) is 0. The Bertz CT molecular complexity index is 1130. The predicted octanol–water partition coefficient (Wildman–Crippen LogP) is 10.7. The van der Waals surface area contributed by atoms with Crippen LogP contribution in [0.2, 0.25) is 5.02 Å². The fraction of sp³-hybridized carbons (Fsp3) is 0.457. The quantitative estimate of drug-likeness (QED) is 0.0824. The van der Waals surface area contributed by atoms with Crippen LogP contribution in [0.25, 0.3) is 11.1 Å². The summed E-state index contributed by atoms with van der Waals surface area (Å²) in [5, 5.41) is 0.412. The molecule has 0 aliphatic carbocycles. The van der Waals surface area contributed by atoms with Crippen molar-refractivity contribution in [1.82, 2.24) is 0 Å². The highest BCUT2D eigenvalue weighted by atomic mass is 35.5. The van der Waals surface area contributed by atoms with E-state index in [2.05, 4.69) is 26.0 Å². The monoisotopic (exact) mass is 564 g/mol. The standard InChI is InChI=1S/C35H45ClO4/c1-3-5-7-9-11-13-25-38-31-20-15-28(16-21-31)29-17-22-32(23-18-29)40-35(37)30-19-24-34(33(36)27-30)39-26-14-12-10-8-6-4-2/h15-24,27H,3-14,25-26H2,1-2H3. The molecule has 0 saturated carbocycles. The Morgan fingerprint density at radius 3 is 1.65 bits per heavy atom. The zero-order valence-corrected chi connectivity index (χ0v) is 25.0. The van der Waals surface area contributed by atoms with Gasteiger partial charge in [0.15, 0.2) is 0 Å². The van der Waals surface area contributed by atoms with Crippen LogP contribution in [0.4, 0.5) is 0 Å². The van der Waals surface area contributed by atoms with E-state index in [0.29, 0.717) is 28.7 Å². The molecular formula is C35H45ClO4. The number of benzene rings is 3. The molecule has 3 rings (SSSR count). The molecule has 0 fully saturated rings. The second-order valence-corrected chi connectivity index (χ2v) is 10.7. The normalized spacial score (nSPS) is 10.9. The van der Waals surface area contributed by atoms with Gasteiger partial charge in [-0.3, -0.25) is 0 Å². The maximum absolute atomic E-state index is 12.7. The molecule has 0 aromatic heterocycles. The lowest BCUT2D eigenvalue weighted by Gasteiger charge is -2.10. The molecule has 0 bridgehead atoms. The molecule has 0 unspecified atom stereocenters. The van der Waals surface area contributed by atoms with Crippen molar-refractivity contribution in [2.24, 2.45) is 0 Å². The van der Waals surface area contributed by atoms with Crippen LogP contribution < -0.4 is 14.2 Å². The minimum absolute atomic E-state index is 0.387. The molecule has 0 aliphatic rings. The summed E-state index contributed by atoms with van der Waals surface area (Å²) in [4.78, 5) is 12.7. The van der Waals surface area contributed by atoms with Crippen molar-refractivity contribution in [1.29, 1.82) is 0 Å². The summed E-state index contributed by atoms with van der Waals surface area (Å²) in [6.07, 6.45) is 14.7. The molecule has 0 atom stereocenters. The van der Waals surface area contributed by atoms with Crippen LogP contribution in [0, 0.1) is 0 Å². The summed E-state index contributed by atoms with van der Waals surface area (Å²) < 4.78 is 17.3. The number of hydrogen-bond acceptors (Lipinski definition) is 4. The number of carbonyl (C=O) groups excluding carboxylic acids is 1. The zero-order chi connectivity index (χ0) is 28.4. The van der Waals surface area contributed by atoms with Gasteiger partial charge in [0.25, 0.3) is 0 Å². The fourth-order valence-electron chi connectivity index (χ4n) is 4.51. The largest absolute Gasteiger partial charge is 0.494 e. The minimum Gasteiger partial charge on any atom is -0.494 e. The van der Waals surface area contributed by atoms with Crippen LogP contribution in [0.1, 0.15) is 101 Å². The van der Waals surface area contributed by atoms with Crippen LogP contribution >= 0.6 is 11.6 Å². The summed E-state index contributed by atoms with van der Waals surface area (Å²) in [5.74, 6) is 1.51. The first kappa shape index (κ1) is 31.5. The number of hydrogen-bond donors (Lipinski definition) is 0. The summed E-state index contributed by atoms with van der Waals surface area (Å²) in [5.41, 5.74) is 2.50. The molecule has 0 aliphatic heterocycles. The van der Waals surface area contributed by atoms with E-state index in [9.17, 15) is 4.79 Å². The first-order valence-corrected chi connectivity index (χ1v) is 15.5. The van der Waals surface area contributed by atoms with Crippen LogP contribution in [-0.4, -0.2) is 19.2 Å². The lowest BCUT2D eigenvalue weighted by atomic mass is 10.1. The second kappa shape index (κ2) is 18.4. The Balaban J connectivity index is 1.43. The number of ether oxygens (including phenoxy) is 3. The van der Waals surface area contributed by atoms with Gasteiger partial charge < -0.3 is 14.2 Å². The van der Waals surface area contributed by atoms with Crippen LogP contribution in [-0.2, 0) is 0 Å². The first-order valence-electron chi connectivity index (χ1n) is 15.1. The molecule has 0 heterocycles. The van der Waals surface area contributed by atoms with Gasteiger partial charge in [-0.15, -0.1) is 0 Å². The SMILES string of the molecule is CCCCCCCCOc1ccc(-c2ccc(OC(=O)c3ccc(OCCCCCCCC)c(Cl)c3)cc2)cc1. The number of halogens is 1. The smallest absolute Gasteiger partial charge is 0.343 e. The van der Waals surface area contributed by atoms with Crippen molar-refractivity contribution < 1.29 is 19.0 Å².